The van der Waals surface area contributed by atoms with Crippen LogP contribution in [0.4, 0.5) is 0 Å². The lowest BCUT2D eigenvalue weighted by molar-refractivity contribution is 0.126. The van der Waals surface area contributed by atoms with Crippen molar-refractivity contribution in [2.45, 2.75) is 52.0 Å². The second-order valence-corrected chi connectivity index (χ2v) is 5.94. The minimum Gasteiger partial charge on any atom is -0.394 e. The molecule has 0 aliphatic carbocycles. The van der Waals surface area contributed by atoms with Crippen molar-refractivity contribution in [2.75, 3.05) is 32.8 Å². The lowest BCUT2D eigenvalue weighted by Gasteiger charge is -2.35. The van der Waals surface area contributed by atoms with E-state index >= 15 is 0 Å². The van der Waals surface area contributed by atoms with E-state index in [1.54, 1.807) is 0 Å². The van der Waals surface area contributed by atoms with Crippen molar-refractivity contribution in [3.63, 3.8) is 0 Å². The number of rotatable bonds is 7. The van der Waals surface area contributed by atoms with E-state index in [1.807, 2.05) is 0 Å². The Morgan fingerprint density at radius 3 is 2.82 bits per heavy atom. The molecule has 0 radical (unpaired) electrons. The van der Waals surface area contributed by atoms with Crippen molar-refractivity contribution in [1.82, 2.24) is 10.2 Å². The first kappa shape index (κ1) is 14.9. The molecule has 0 amide bonds. The summed E-state index contributed by atoms with van der Waals surface area (Å²) < 4.78 is 0. The molecule has 0 bridgehead atoms. The molecule has 3 nitrogen and oxygen atoms in total. The summed E-state index contributed by atoms with van der Waals surface area (Å²) in [5.74, 6) is 0.840. The molecule has 1 aliphatic rings. The summed E-state index contributed by atoms with van der Waals surface area (Å²) in [4.78, 5) is 2.55. The number of hydrogen-bond acceptors (Lipinski definition) is 3. The molecule has 1 aliphatic heterocycles. The Bertz CT molecular complexity index is 210. The second-order valence-electron chi connectivity index (χ2n) is 5.94. The minimum absolute atomic E-state index is 0.101. The third kappa shape index (κ3) is 5.36. The predicted molar refractivity (Wildman–Crippen MR) is 73.2 cm³/mol. The predicted octanol–water partition coefficient (Wildman–Crippen LogP) is 1.86. The summed E-state index contributed by atoms with van der Waals surface area (Å²) >= 11 is 0. The monoisotopic (exact) mass is 242 g/mol. The largest absolute Gasteiger partial charge is 0.394 e. The van der Waals surface area contributed by atoms with Gasteiger partial charge in [-0.3, -0.25) is 0 Å². The quantitative estimate of drug-likeness (QED) is 0.715. The van der Waals surface area contributed by atoms with Gasteiger partial charge in [0.2, 0.25) is 0 Å². The molecular formula is C14H30N2O. The van der Waals surface area contributed by atoms with Gasteiger partial charge >= 0.3 is 0 Å². The van der Waals surface area contributed by atoms with Crippen molar-refractivity contribution in [2.24, 2.45) is 5.92 Å². The molecule has 1 rings (SSSR count). The third-order valence-electron chi connectivity index (χ3n) is 3.87. The maximum atomic E-state index is 9.51. The molecule has 0 spiro atoms. The van der Waals surface area contributed by atoms with E-state index in [0.717, 1.165) is 31.8 Å². The van der Waals surface area contributed by atoms with Gasteiger partial charge in [0.25, 0.3) is 0 Å². The summed E-state index contributed by atoms with van der Waals surface area (Å²) in [5, 5.41) is 13.0. The van der Waals surface area contributed by atoms with E-state index < -0.39 is 0 Å². The van der Waals surface area contributed by atoms with Crippen LogP contribution in [0.1, 0.15) is 46.5 Å². The minimum atomic E-state index is -0.101. The molecule has 1 saturated heterocycles. The molecule has 1 heterocycles. The summed E-state index contributed by atoms with van der Waals surface area (Å²) in [5.41, 5.74) is -0.101. The van der Waals surface area contributed by atoms with Gasteiger partial charge in [0, 0.05) is 12.1 Å². The molecule has 102 valence electrons. The molecule has 1 fully saturated rings. The Morgan fingerprint density at radius 1 is 1.47 bits per heavy atom. The molecule has 0 aromatic carbocycles. The molecule has 0 aromatic rings. The van der Waals surface area contributed by atoms with Gasteiger partial charge in [-0.2, -0.15) is 0 Å². The lowest BCUT2D eigenvalue weighted by atomic mass is 9.96. The molecular weight excluding hydrogens is 212 g/mol. The number of piperidine rings is 1. The van der Waals surface area contributed by atoms with Gasteiger partial charge in [-0.1, -0.05) is 13.8 Å². The Labute approximate surface area is 107 Å². The average Bonchev–Trinajstić information content (AvgIpc) is 2.34. The standard InChI is InChI=1S/C14H30N2O/c1-4-8-15-14(3,12-17)7-10-16-9-5-6-13(2)11-16/h13,15,17H,4-12H2,1-3H3. The van der Waals surface area contributed by atoms with E-state index in [0.29, 0.717) is 0 Å². The Balaban J connectivity index is 2.30. The van der Waals surface area contributed by atoms with Gasteiger partial charge in [0.1, 0.15) is 0 Å². The van der Waals surface area contributed by atoms with Gasteiger partial charge in [0.05, 0.1) is 6.61 Å². The van der Waals surface area contributed by atoms with Crippen LogP contribution >= 0.6 is 0 Å². The first-order valence-corrected chi connectivity index (χ1v) is 7.18. The van der Waals surface area contributed by atoms with Crippen LogP contribution in [0, 0.1) is 5.92 Å². The summed E-state index contributed by atoms with van der Waals surface area (Å²) in [6.07, 6.45) is 4.87. The van der Waals surface area contributed by atoms with Gasteiger partial charge in [-0.25, -0.2) is 0 Å². The maximum absolute atomic E-state index is 9.51. The normalized spacial score (nSPS) is 25.8. The van der Waals surface area contributed by atoms with E-state index in [2.05, 4.69) is 31.0 Å². The number of nitrogens with one attached hydrogen (secondary N) is 1. The summed E-state index contributed by atoms with van der Waals surface area (Å²) in [6, 6.07) is 0. The average molecular weight is 242 g/mol. The van der Waals surface area contributed by atoms with Crippen LogP contribution < -0.4 is 5.32 Å². The van der Waals surface area contributed by atoms with Crippen LogP contribution in [0.25, 0.3) is 0 Å². The first-order valence-electron chi connectivity index (χ1n) is 7.18. The number of aliphatic hydroxyl groups excluding tert-OH is 1. The zero-order valence-electron chi connectivity index (χ0n) is 11.8. The zero-order chi connectivity index (χ0) is 12.7. The van der Waals surface area contributed by atoms with Gasteiger partial charge in [-0.05, 0) is 58.2 Å². The lowest BCUT2D eigenvalue weighted by Crippen LogP contribution is -2.49. The third-order valence-corrected chi connectivity index (χ3v) is 3.87. The molecule has 17 heavy (non-hydrogen) atoms. The highest BCUT2D eigenvalue weighted by atomic mass is 16.3. The van der Waals surface area contributed by atoms with E-state index in [-0.39, 0.29) is 12.1 Å². The number of aliphatic hydroxyl groups is 1. The van der Waals surface area contributed by atoms with Crippen molar-refractivity contribution >= 4 is 0 Å². The molecule has 0 aromatic heterocycles. The van der Waals surface area contributed by atoms with Crippen molar-refractivity contribution in [1.29, 1.82) is 0 Å². The van der Waals surface area contributed by atoms with Crippen molar-refractivity contribution in [3.05, 3.63) is 0 Å². The molecule has 2 N–H and O–H groups in total. The van der Waals surface area contributed by atoms with E-state index in [1.165, 1.54) is 25.9 Å². The van der Waals surface area contributed by atoms with Crippen LogP contribution in [-0.4, -0.2) is 48.3 Å². The fourth-order valence-electron chi connectivity index (χ4n) is 2.54. The number of nitrogens with zero attached hydrogens (tertiary/aromatic N) is 1. The van der Waals surface area contributed by atoms with Gasteiger partial charge in [0.15, 0.2) is 0 Å². The smallest absolute Gasteiger partial charge is 0.0611 e. The van der Waals surface area contributed by atoms with Crippen molar-refractivity contribution < 1.29 is 5.11 Å². The number of likely N-dealkylation sites (tertiary alicyclic amines) is 1. The van der Waals surface area contributed by atoms with Crippen LogP contribution in [0.2, 0.25) is 0 Å². The Hall–Kier alpha value is -0.120. The van der Waals surface area contributed by atoms with E-state index in [9.17, 15) is 5.11 Å². The van der Waals surface area contributed by atoms with Crippen LogP contribution in [0.5, 0.6) is 0 Å². The molecule has 0 saturated carbocycles. The fourth-order valence-corrected chi connectivity index (χ4v) is 2.54. The Kier molecular flexibility index (Phi) is 6.45. The van der Waals surface area contributed by atoms with Crippen LogP contribution in [-0.2, 0) is 0 Å². The fraction of sp³-hybridized carbons (Fsp3) is 1.00. The second kappa shape index (κ2) is 7.34. The van der Waals surface area contributed by atoms with E-state index in [4.69, 9.17) is 0 Å². The van der Waals surface area contributed by atoms with Gasteiger partial charge in [-0.15, -0.1) is 0 Å². The topological polar surface area (TPSA) is 35.5 Å². The molecule has 2 unspecified atom stereocenters. The SMILES string of the molecule is CCCNC(C)(CO)CCN1CCCC(C)C1. The highest BCUT2D eigenvalue weighted by Crippen LogP contribution is 2.17. The Morgan fingerprint density at radius 2 is 2.24 bits per heavy atom. The summed E-state index contributed by atoms with van der Waals surface area (Å²) in [7, 11) is 0. The maximum Gasteiger partial charge on any atom is 0.0611 e. The summed E-state index contributed by atoms with van der Waals surface area (Å²) in [6.45, 7) is 11.4. The van der Waals surface area contributed by atoms with Crippen LogP contribution in [0.3, 0.4) is 0 Å². The highest BCUT2D eigenvalue weighted by molar-refractivity contribution is 4.84. The number of hydrogen-bond donors (Lipinski definition) is 2. The highest BCUT2D eigenvalue weighted by Gasteiger charge is 2.24. The molecule has 2 atom stereocenters. The first-order chi connectivity index (χ1) is 8.09. The zero-order valence-corrected chi connectivity index (χ0v) is 11.8. The van der Waals surface area contributed by atoms with Crippen molar-refractivity contribution in [3.8, 4) is 0 Å². The van der Waals surface area contributed by atoms with Crippen LogP contribution in [0.15, 0.2) is 0 Å². The molecule has 3 heteroatoms. The van der Waals surface area contributed by atoms with Gasteiger partial charge < -0.3 is 15.3 Å².